The van der Waals surface area contributed by atoms with Gasteiger partial charge in [0.2, 0.25) is 0 Å². The second-order valence-electron chi connectivity index (χ2n) is 8.55. The number of aliphatic hydroxyl groups is 2. The SMILES string of the molecule is COCC1(O)CCCCC1n1cnc(C(=O)N2CCNC[C@H]2CO)c1-c1ccccc1. The fraction of sp³-hybridized carbons (Fsp3) is 0.565. The number of amides is 1. The Kier molecular flexibility index (Phi) is 6.71. The molecular formula is C23H32N4O4. The molecule has 2 unspecified atom stereocenters. The van der Waals surface area contributed by atoms with Gasteiger partial charge in [0.1, 0.15) is 5.60 Å². The molecule has 8 nitrogen and oxygen atoms in total. The normalized spacial score (nSPS) is 26.7. The summed E-state index contributed by atoms with van der Waals surface area (Å²) in [5.41, 5.74) is 0.934. The molecule has 3 N–H and O–H groups in total. The van der Waals surface area contributed by atoms with Crippen molar-refractivity contribution >= 4 is 5.91 Å². The maximum Gasteiger partial charge on any atom is 0.275 e. The maximum atomic E-state index is 13.6. The minimum Gasteiger partial charge on any atom is -0.394 e. The van der Waals surface area contributed by atoms with Crippen molar-refractivity contribution in [2.24, 2.45) is 0 Å². The number of methoxy groups -OCH3 is 1. The van der Waals surface area contributed by atoms with E-state index in [0.717, 1.165) is 24.8 Å². The summed E-state index contributed by atoms with van der Waals surface area (Å²) in [7, 11) is 1.60. The van der Waals surface area contributed by atoms with Gasteiger partial charge in [0.15, 0.2) is 5.69 Å². The van der Waals surface area contributed by atoms with E-state index >= 15 is 0 Å². The number of nitrogens with one attached hydrogen (secondary N) is 1. The van der Waals surface area contributed by atoms with Crippen LogP contribution in [0, 0.1) is 0 Å². The van der Waals surface area contributed by atoms with Crippen molar-refractivity contribution in [3.63, 3.8) is 0 Å². The Balaban J connectivity index is 1.79. The molecule has 1 aliphatic carbocycles. The summed E-state index contributed by atoms with van der Waals surface area (Å²) in [6.45, 7) is 1.88. The molecule has 8 heteroatoms. The van der Waals surface area contributed by atoms with Gasteiger partial charge >= 0.3 is 0 Å². The van der Waals surface area contributed by atoms with Gasteiger partial charge in [0.05, 0.1) is 37.3 Å². The van der Waals surface area contributed by atoms with E-state index in [0.29, 0.717) is 37.4 Å². The van der Waals surface area contributed by atoms with Gasteiger partial charge in [0, 0.05) is 32.3 Å². The van der Waals surface area contributed by atoms with Crippen LogP contribution in [0.3, 0.4) is 0 Å². The monoisotopic (exact) mass is 428 g/mol. The van der Waals surface area contributed by atoms with Gasteiger partial charge in [0.25, 0.3) is 5.91 Å². The molecule has 0 radical (unpaired) electrons. The van der Waals surface area contributed by atoms with E-state index in [2.05, 4.69) is 10.3 Å². The number of aromatic nitrogens is 2. The standard InChI is InChI=1S/C23H32N4O4/c1-31-15-23(30)10-6-5-9-19(23)27-16-25-20(21(27)17-7-3-2-4-8-17)22(29)26-12-11-24-13-18(26)14-28/h2-4,7-8,16,18-19,24,28,30H,5-6,9-15H2,1H3/t18-,19?,23?/m0/s1. The van der Waals surface area contributed by atoms with E-state index in [1.807, 2.05) is 34.9 Å². The zero-order valence-electron chi connectivity index (χ0n) is 18.0. The minimum atomic E-state index is -1.01. The molecular weight excluding hydrogens is 396 g/mol. The Bertz CT molecular complexity index is 883. The van der Waals surface area contributed by atoms with E-state index in [1.54, 1.807) is 18.3 Å². The predicted molar refractivity (Wildman–Crippen MR) is 117 cm³/mol. The summed E-state index contributed by atoms with van der Waals surface area (Å²) in [5.74, 6) is -0.191. The molecule has 1 saturated heterocycles. The number of carbonyl (C=O) groups excluding carboxylic acids is 1. The summed E-state index contributed by atoms with van der Waals surface area (Å²) >= 11 is 0. The van der Waals surface area contributed by atoms with Crippen LogP contribution >= 0.6 is 0 Å². The van der Waals surface area contributed by atoms with Crippen LogP contribution in [-0.2, 0) is 4.74 Å². The second kappa shape index (κ2) is 9.48. The number of nitrogens with zero attached hydrogens (tertiary/aromatic N) is 3. The zero-order valence-corrected chi connectivity index (χ0v) is 18.0. The largest absolute Gasteiger partial charge is 0.394 e. The van der Waals surface area contributed by atoms with E-state index in [1.165, 1.54) is 0 Å². The van der Waals surface area contributed by atoms with Crippen molar-refractivity contribution in [2.45, 2.75) is 43.4 Å². The van der Waals surface area contributed by atoms with Crippen molar-refractivity contribution in [3.05, 3.63) is 42.4 Å². The van der Waals surface area contributed by atoms with Gasteiger partial charge in [-0.05, 0) is 12.8 Å². The van der Waals surface area contributed by atoms with Gasteiger partial charge in [-0.2, -0.15) is 0 Å². The van der Waals surface area contributed by atoms with E-state index in [9.17, 15) is 15.0 Å². The van der Waals surface area contributed by atoms with E-state index in [-0.39, 0.29) is 31.2 Å². The molecule has 2 aliphatic rings. The highest BCUT2D eigenvalue weighted by Crippen LogP contribution is 2.41. The summed E-state index contributed by atoms with van der Waals surface area (Å²) in [6.07, 6.45) is 5.05. The highest BCUT2D eigenvalue weighted by Gasteiger charge is 2.42. The number of ether oxygens (including phenoxy) is 1. The zero-order chi connectivity index (χ0) is 21.8. The molecule has 2 aromatic rings. The maximum absolute atomic E-state index is 13.6. The van der Waals surface area contributed by atoms with Crippen LogP contribution in [0.1, 0.15) is 42.2 Å². The average Bonchev–Trinajstić information content (AvgIpc) is 3.24. The van der Waals surface area contributed by atoms with Gasteiger partial charge < -0.3 is 29.7 Å². The Morgan fingerprint density at radius 2 is 2.13 bits per heavy atom. The molecule has 3 atom stereocenters. The van der Waals surface area contributed by atoms with Gasteiger partial charge in [-0.15, -0.1) is 0 Å². The topological polar surface area (TPSA) is 99.8 Å². The van der Waals surface area contributed by atoms with Crippen LogP contribution < -0.4 is 5.32 Å². The third kappa shape index (κ3) is 4.25. The van der Waals surface area contributed by atoms with Gasteiger partial charge in [-0.1, -0.05) is 43.2 Å². The highest BCUT2D eigenvalue weighted by molar-refractivity contribution is 5.98. The Labute approximate surface area is 182 Å². The van der Waals surface area contributed by atoms with Crippen molar-refractivity contribution in [2.75, 3.05) is 40.0 Å². The number of aliphatic hydroxyl groups excluding tert-OH is 1. The average molecular weight is 429 g/mol. The quantitative estimate of drug-likeness (QED) is 0.644. The third-order valence-electron chi connectivity index (χ3n) is 6.55. The van der Waals surface area contributed by atoms with Crippen LogP contribution in [-0.4, -0.2) is 82.2 Å². The fourth-order valence-corrected chi connectivity index (χ4v) is 4.98. The first kappa shape index (κ1) is 22.0. The van der Waals surface area contributed by atoms with E-state index < -0.39 is 5.60 Å². The number of hydrogen-bond acceptors (Lipinski definition) is 6. The smallest absolute Gasteiger partial charge is 0.275 e. The first-order valence-electron chi connectivity index (χ1n) is 11.0. The van der Waals surface area contributed by atoms with Crippen molar-refractivity contribution in [3.8, 4) is 11.3 Å². The highest BCUT2D eigenvalue weighted by atomic mass is 16.5. The molecule has 1 aromatic heterocycles. The summed E-state index contributed by atoms with van der Waals surface area (Å²) in [5, 5.41) is 24.4. The van der Waals surface area contributed by atoms with Crippen LogP contribution in [0.15, 0.2) is 36.7 Å². The Morgan fingerprint density at radius 3 is 2.87 bits per heavy atom. The molecule has 1 amide bonds. The lowest BCUT2D eigenvalue weighted by molar-refractivity contribution is -0.0893. The van der Waals surface area contributed by atoms with Gasteiger partial charge in [-0.25, -0.2) is 4.98 Å². The molecule has 1 aromatic carbocycles. The van der Waals surface area contributed by atoms with Crippen molar-refractivity contribution < 1.29 is 19.7 Å². The molecule has 31 heavy (non-hydrogen) atoms. The molecule has 2 fully saturated rings. The van der Waals surface area contributed by atoms with E-state index in [4.69, 9.17) is 4.74 Å². The number of hydrogen-bond donors (Lipinski definition) is 3. The molecule has 0 spiro atoms. The summed E-state index contributed by atoms with van der Waals surface area (Å²) < 4.78 is 7.34. The second-order valence-corrected chi connectivity index (χ2v) is 8.55. The first-order chi connectivity index (χ1) is 15.1. The van der Waals surface area contributed by atoms with Crippen LogP contribution in [0.4, 0.5) is 0 Å². The van der Waals surface area contributed by atoms with Crippen molar-refractivity contribution in [1.82, 2.24) is 19.8 Å². The lowest BCUT2D eigenvalue weighted by atomic mass is 9.80. The minimum absolute atomic E-state index is 0.101. The fourth-order valence-electron chi connectivity index (χ4n) is 4.98. The number of piperazine rings is 1. The lowest BCUT2D eigenvalue weighted by Gasteiger charge is -2.41. The van der Waals surface area contributed by atoms with Gasteiger partial charge in [-0.3, -0.25) is 4.79 Å². The number of carbonyl (C=O) groups is 1. The molecule has 1 saturated carbocycles. The predicted octanol–water partition coefficient (Wildman–Crippen LogP) is 1.45. The number of rotatable bonds is 6. The molecule has 2 heterocycles. The summed E-state index contributed by atoms with van der Waals surface area (Å²) in [6, 6.07) is 9.21. The molecule has 168 valence electrons. The molecule has 0 bridgehead atoms. The van der Waals surface area contributed by atoms with Crippen LogP contribution in [0.5, 0.6) is 0 Å². The van der Waals surface area contributed by atoms with Crippen molar-refractivity contribution in [1.29, 1.82) is 0 Å². The third-order valence-corrected chi connectivity index (χ3v) is 6.55. The molecule has 1 aliphatic heterocycles. The first-order valence-corrected chi connectivity index (χ1v) is 11.0. The van der Waals surface area contributed by atoms with Crippen LogP contribution in [0.25, 0.3) is 11.3 Å². The Hall–Kier alpha value is -2.26. The number of benzene rings is 1. The lowest BCUT2D eigenvalue weighted by Crippen LogP contribution is -2.55. The summed E-state index contributed by atoms with van der Waals surface area (Å²) in [4.78, 5) is 19.8. The molecule has 4 rings (SSSR count). The van der Waals surface area contributed by atoms with Crippen LogP contribution in [0.2, 0.25) is 0 Å². The Morgan fingerprint density at radius 1 is 1.32 bits per heavy atom. The number of imidazole rings is 1.